The van der Waals surface area contributed by atoms with E-state index in [4.69, 9.17) is 4.98 Å². The second-order valence-electron chi connectivity index (χ2n) is 7.99. The number of likely N-dealkylation sites (N-methyl/N-ethyl adjacent to an activating group) is 1. The van der Waals surface area contributed by atoms with Gasteiger partial charge < -0.3 is 15.1 Å². The van der Waals surface area contributed by atoms with Crippen molar-refractivity contribution in [2.45, 2.75) is 44.9 Å². The van der Waals surface area contributed by atoms with Crippen LogP contribution in [0, 0.1) is 6.92 Å². The Kier molecular flexibility index (Phi) is 5.56. The predicted molar refractivity (Wildman–Crippen MR) is 104 cm³/mol. The zero-order valence-electron chi connectivity index (χ0n) is 16.4. The van der Waals surface area contributed by atoms with Gasteiger partial charge in [0.2, 0.25) is 11.9 Å². The van der Waals surface area contributed by atoms with Crippen molar-refractivity contribution in [3.05, 3.63) is 17.5 Å². The second-order valence-corrected chi connectivity index (χ2v) is 7.99. The van der Waals surface area contributed by atoms with Crippen LogP contribution >= 0.6 is 0 Å². The van der Waals surface area contributed by atoms with Crippen LogP contribution in [0.2, 0.25) is 0 Å². The van der Waals surface area contributed by atoms with Gasteiger partial charge in [0.25, 0.3) is 0 Å². The SMILES string of the molecule is Cc1nc(N2CCCCC2)ncc1C1CC(=O)NC(N2CCN(C)CC2)N1. The van der Waals surface area contributed by atoms with Crippen molar-refractivity contribution in [2.75, 3.05) is 51.2 Å². The van der Waals surface area contributed by atoms with Crippen LogP contribution in [0.1, 0.15) is 43.0 Å². The van der Waals surface area contributed by atoms with E-state index in [1.54, 1.807) is 0 Å². The molecule has 2 N–H and O–H groups in total. The van der Waals surface area contributed by atoms with E-state index >= 15 is 0 Å². The third-order valence-corrected chi connectivity index (χ3v) is 5.97. The Morgan fingerprint density at radius 1 is 1.07 bits per heavy atom. The van der Waals surface area contributed by atoms with Gasteiger partial charge in [0, 0.05) is 69.2 Å². The minimum Gasteiger partial charge on any atom is -0.341 e. The number of aromatic nitrogens is 2. The van der Waals surface area contributed by atoms with E-state index in [-0.39, 0.29) is 18.2 Å². The number of carbonyl (C=O) groups is 1. The Morgan fingerprint density at radius 2 is 1.81 bits per heavy atom. The van der Waals surface area contributed by atoms with Crippen LogP contribution in [-0.2, 0) is 4.79 Å². The average molecular weight is 374 g/mol. The number of anilines is 1. The third kappa shape index (κ3) is 4.23. The molecule has 0 aliphatic carbocycles. The molecule has 8 nitrogen and oxygen atoms in total. The molecule has 0 spiro atoms. The first-order valence-electron chi connectivity index (χ1n) is 10.2. The molecule has 27 heavy (non-hydrogen) atoms. The molecule has 8 heteroatoms. The fourth-order valence-corrected chi connectivity index (χ4v) is 4.22. The smallest absolute Gasteiger partial charge is 0.225 e. The second kappa shape index (κ2) is 8.08. The normalized spacial score (nSPS) is 28.2. The largest absolute Gasteiger partial charge is 0.341 e. The van der Waals surface area contributed by atoms with Gasteiger partial charge in [-0.3, -0.25) is 15.0 Å². The van der Waals surface area contributed by atoms with Crippen molar-refractivity contribution < 1.29 is 4.79 Å². The summed E-state index contributed by atoms with van der Waals surface area (Å²) in [5.41, 5.74) is 2.00. The number of piperazine rings is 1. The molecule has 3 saturated heterocycles. The lowest BCUT2D eigenvalue weighted by Gasteiger charge is -2.42. The topological polar surface area (TPSA) is 76.6 Å². The van der Waals surface area contributed by atoms with Crippen molar-refractivity contribution in [1.29, 1.82) is 0 Å². The predicted octanol–water partition coefficient (Wildman–Crippen LogP) is 0.457. The molecule has 3 aliphatic heterocycles. The molecule has 3 fully saturated rings. The number of amides is 1. The Morgan fingerprint density at radius 3 is 2.52 bits per heavy atom. The molecule has 0 radical (unpaired) electrons. The maximum atomic E-state index is 12.4. The summed E-state index contributed by atoms with van der Waals surface area (Å²) in [6.07, 6.45) is 5.94. The lowest BCUT2D eigenvalue weighted by molar-refractivity contribution is -0.127. The molecule has 0 aromatic carbocycles. The Labute approximate surface area is 161 Å². The van der Waals surface area contributed by atoms with Crippen molar-refractivity contribution in [3.63, 3.8) is 0 Å². The molecule has 3 aliphatic rings. The molecule has 2 unspecified atom stereocenters. The number of nitrogens with zero attached hydrogens (tertiary/aromatic N) is 5. The highest BCUT2D eigenvalue weighted by atomic mass is 16.2. The Hall–Kier alpha value is -1.77. The molecule has 1 aromatic heterocycles. The van der Waals surface area contributed by atoms with E-state index in [2.05, 4.69) is 37.4 Å². The monoisotopic (exact) mass is 373 g/mol. The summed E-state index contributed by atoms with van der Waals surface area (Å²) in [7, 11) is 2.14. The first-order chi connectivity index (χ1) is 13.1. The molecule has 4 heterocycles. The Balaban J connectivity index is 1.47. The van der Waals surface area contributed by atoms with Crippen molar-refractivity contribution in [2.24, 2.45) is 0 Å². The number of hydrogen-bond donors (Lipinski definition) is 2. The first-order valence-corrected chi connectivity index (χ1v) is 10.2. The fraction of sp³-hybridized carbons (Fsp3) is 0.737. The van der Waals surface area contributed by atoms with E-state index in [0.29, 0.717) is 6.42 Å². The van der Waals surface area contributed by atoms with Gasteiger partial charge >= 0.3 is 0 Å². The zero-order valence-corrected chi connectivity index (χ0v) is 16.4. The summed E-state index contributed by atoms with van der Waals surface area (Å²) in [6, 6.07) is -0.0428. The van der Waals surface area contributed by atoms with Crippen LogP contribution in [0.25, 0.3) is 0 Å². The number of nitrogens with one attached hydrogen (secondary N) is 2. The van der Waals surface area contributed by atoms with Crippen molar-refractivity contribution in [3.8, 4) is 0 Å². The fourth-order valence-electron chi connectivity index (χ4n) is 4.22. The third-order valence-electron chi connectivity index (χ3n) is 5.97. The zero-order chi connectivity index (χ0) is 18.8. The van der Waals surface area contributed by atoms with Gasteiger partial charge in [-0.15, -0.1) is 0 Å². The molecule has 1 amide bonds. The average Bonchev–Trinajstić information content (AvgIpc) is 2.68. The van der Waals surface area contributed by atoms with Gasteiger partial charge in [0.1, 0.15) is 6.29 Å². The molecule has 4 rings (SSSR count). The van der Waals surface area contributed by atoms with E-state index < -0.39 is 0 Å². The number of hydrogen-bond acceptors (Lipinski definition) is 7. The molecule has 1 aromatic rings. The summed E-state index contributed by atoms with van der Waals surface area (Å²) >= 11 is 0. The molecule has 0 bridgehead atoms. The summed E-state index contributed by atoms with van der Waals surface area (Å²) in [5, 5.41) is 6.70. The maximum absolute atomic E-state index is 12.4. The highest BCUT2D eigenvalue weighted by Crippen LogP contribution is 2.25. The summed E-state index contributed by atoms with van der Waals surface area (Å²) in [5.74, 6) is 0.911. The van der Waals surface area contributed by atoms with Crippen LogP contribution in [0.4, 0.5) is 5.95 Å². The standard InChI is InChI=1S/C19H31N7O/c1-14-15(13-20-18(21-14)25-6-4-3-5-7-25)16-12-17(27)23-19(22-16)26-10-8-24(2)9-11-26/h13,16,19,22H,3-12H2,1-2H3,(H,23,27). The quantitative estimate of drug-likeness (QED) is 0.797. The highest BCUT2D eigenvalue weighted by molar-refractivity contribution is 5.78. The van der Waals surface area contributed by atoms with Crippen LogP contribution in [-0.4, -0.2) is 78.3 Å². The lowest BCUT2D eigenvalue weighted by Crippen LogP contribution is -2.64. The van der Waals surface area contributed by atoms with Crippen LogP contribution in [0.15, 0.2) is 6.20 Å². The van der Waals surface area contributed by atoms with Gasteiger partial charge in [-0.25, -0.2) is 9.97 Å². The Bertz CT molecular complexity index is 668. The number of piperidine rings is 1. The summed E-state index contributed by atoms with van der Waals surface area (Å²) in [4.78, 5) is 28.6. The molecule has 2 atom stereocenters. The first kappa shape index (κ1) is 18.6. The number of rotatable bonds is 3. The van der Waals surface area contributed by atoms with Crippen LogP contribution < -0.4 is 15.5 Å². The van der Waals surface area contributed by atoms with E-state index in [1.807, 2.05) is 13.1 Å². The molecular weight excluding hydrogens is 342 g/mol. The molecule has 0 saturated carbocycles. The van der Waals surface area contributed by atoms with E-state index in [0.717, 1.165) is 56.5 Å². The van der Waals surface area contributed by atoms with Gasteiger partial charge in [0.15, 0.2) is 0 Å². The summed E-state index contributed by atoms with van der Waals surface area (Å²) in [6.45, 7) is 8.04. The number of aryl methyl sites for hydroxylation is 1. The van der Waals surface area contributed by atoms with Crippen molar-refractivity contribution >= 4 is 11.9 Å². The highest BCUT2D eigenvalue weighted by Gasteiger charge is 2.33. The molecule has 148 valence electrons. The van der Waals surface area contributed by atoms with Crippen LogP contribution in [0.3, 0.4) is 0 Å². The van der Waals surface area contributed by atoms with Gasteiger partial charge in [0.05, 0.1) is 0 Å². The van der Waals surface area contributed by atoms with Gasteiger partial charge in [-0.2, -0.15) is 0 Å². The van der Waals surface area contributed by atoms with Crippen LogP contribution in [0.5, 0.6) is 0 Å². The number of carbonyl (C=O) groups excluding carboxylic acids is 1. The minimum atomic E-state index is -0.119. The maximum Gasteiger partial charge on any atom is 0.225 e. The lowest BCUT2D eigenvalue weighted by atomic mass is 10.0. The van der Waals surface area contributed by atoms with Gasteiger partial charge in [-0.05, 0) is 33.2 Å². The minimum absolute atomic E-state index is 0.0428. The van der Waals surface area contributed by atoms with Gasteiger partial charge in [-0.1, -0.05) is 0 Å². The summed E-state index contributed by atoms with van der Waals surface area (Å²) < 4.78 is 0. The van der Waals surface area contributed by atoms with E-state index in [1.165, 1.54) is 19.3 Å². The van der Waals surface area contributed by atoms with E-state index in [9.17, 15) is 4.79 Å². The van der Waals surface area contributed by atoms with Crippen molar-refractivity contribution in [1.82, 2.24) is 30.4 Å². The molecular formula is C19H31N7O.